The first-order chi connectivity index (χ1) is 16.4. The molecular formula is C25H27F5O4S. The number of carbonyl (C=O) groups is 1. The van der Waals surface area contributed by atoms with Crippen molar-refractivity contribution in [2.24, 2.45) is 0 Å². The zero-order chi connectivity index (χ0) is 25.9. The molecule has 0 saturated carbocycles. The molecule has 0 aliphatic carbocycles. The summed E-state index contributed by atoms with van der Waals surface area (Å²) >= 11 is 0. The summed E-state index contributed by atoms with van der Waals surface area (Å²) < 4.78 is 86.4. The van der Waals surface area contributed by atoms with Crippen LogP contribution in [0.3, 0.4) is 0 Å². The molecule has 3 rings (SSSR count). The number of aryl methyl sites for hydroxylation is 1. The molecule has 1 atom stereocenters. The van der Waals surface area contributed by atoms with Gasteiger partial charge in [0.15, 0.2) is 4.75 Å². The third-order valence-corrected chi connectivity index (χ3v) is 7.85. The Kier molecular flexibility index (Phi) is 8.36. The molecule has 0 radical (unpaired) electrons. The van der Waals surface area contributed by atoms with Crippen molar-refractivity contribution in [3.05, 3.63) is 54.1 Å². The van der Waals surface area contributed by atoms with Crippen LogP contribution in [0, 0.1) is 0 Å². The first-order valence-corrected chi connectivity index (χ1v) is 12.4. The van der Waals surface area contributed by atoms with Gasteiger partial charge >= 0.3 is 18.1 Å². The number of ether oxygens (including phenoxy) is 2. The van der Waals surface area contributed by atoms with Crippen LogP contribution in [0.25, 0.3) is 11.1 Å². The maximum Gasteiger partial charge on any atom is 0.453 e. The monoisotopic (exact) mass is 518 g/mol. The Morgan fingerprint density at radius 2 is 1.49 bits per heavy atom. The number of halogens is 5. The van der Waals surface area contributed by atoms with E-state index >= 15 is 0 Å². The van der Waals surface area contributed by atoms with Crippen molar-refractivity contribution in [1.82, 2.24) is 0 Å². The highest BCUT2D eigenvalue weighted by Crippen LogP contribution is 2.39. The molecule has 1 aliphatic rings. The van der Waals surface area contributed by atoms with E-state index in [2.05, 4.69) is 0 Å². The first kappa shape index (κ1) is 27.3. The lowest BCUT2D eigenvalue weighted by Crippen LogP contribution is -2.49. The quantitative estimate of drug-likeness (QED) is 0.313. The highest BCUT2D eigenvalue weighted by molar-refractivity contribution is 7.87. The summed E-state index contributed by atoms with van der Waals surface area (Å²) in [7, 11) is -1.68. The Balaban J connectivity index is 1.73. The van der Waals surface area contributed by atoms with Gasteiger partial charge in [0.2, 0.25) is 0 Å². The summed E-state index contributed by atoms with van der Waals surface area (Å²) in [5.74, 6) is -5.24. The Labute approximate surface area is 203 Å². The Bertz CT molecular complexity index is 1030. The van der Waals surface area contributed by atoms with Gasteiger partial charge in [-0.2, -0.15) is 22.0 Å². The first-order valence-electron chi connectivity index (χ1n) is 11.2. The summed E-state index contributed by atoms with van der Waals surface area (Å²) in [5, 5.41) is 0. The lowest BCUT2D eigenvalue weighted by molar-refractivity contribution is -0.284. The van der Waals surface area contributed by atoms with Crippen molar-refractivity contribution in [2.75, 3.05) is 13.2 Å². The maximum absolute atomic E-state index is 13.5. The number of rotatable bonds is 8. The van der Waals surface area contributed by atoms with E-state index in [0.717, 1.165) is 5.56 Å². The molecule has 35 heavy (non-hydrogen) atoms. The van der Waals surface area contributed by atoms with E-state index in [1.807, 2.05) is 0 Å². The maximum atomic E-state index is 13.5. The smallest absolute Gasteiger partial charge is 0.453 e. The molecule has 2 aromatic carbocycles. The van der Waals surface area contributed by atoms with Crippen LogP contribution >= 0.6 is 0 Å². The zero-order valence-electron chi connectivity index (χ0n) is 19.4. The van der Waals surface area contributed by atoms with Gasteiger partial charge in [0.25, 0.3) is 0 Å². The Morgan fingerprint density at radius 3 is 1.97 bits per heavy atom. The van der Waals surface area contributed by atoms with Crippen molar-refractivity contribution >= 4 is 16.8 Å². The van der Waals surface area contributed by atoms with Gasteiger partial charge in [0.1, 0.15) is 0 Å². The molecule has 4 nitrogen and oxygen atoms in total. The summed E-state index contributed by atoms with van der Waals surface area (Å²) in [4.78, 5) is 13.3. The molecule has 10 heteroatoms. The minimum absolute atomic E-state index is 0.280. The standard InChI is InChI=1S/C25H27F5O4S/c1-17(2)34-22(31)23(13-15-33-16-14-23)35(32)21-9-7-20(8-10-21)19-5-3-18(4-6-19)11-12-24(26,27)25(28,29)30/h3-10,17H,11-16H2,1-2H3. The fourth-order valence-corrected chi connectivity index (χ4v) is 5.36. The predicted octanol–water partition coefficient (Wildman–Crippen LogP) is 6.09. The van der Waals surface area contributed by atoms with Crippen molar-refractivity contribution in [1.29, 1.82) is 0 Å². The lowest BCUT2D eigenvalue weighted by atomic mass is 9.99. The van der Waals surface area contributed by atoms with Gasteiger partial charge in [-0.3, -0.25) is 9.00 Å². The number of esters is 1. The van der Waals surface area contributed by atoms with Crippen LogP contribution in [0.1, 0.15) is 38.7 Å². The third kappa shape index (κ3) is 6.27. The summed E-state index contributed by atoms with van der Waals surface area (Å²) in [6, 6.07) is 13.0. The van der Waals surface area contributed by atoms with Gasteiger partial charge in [0, 0.05) is 24.5 Å². The molecule has 1 saturated heterocycles. The number of benzene rings is 2. The van der Waals surface area contributed by atoms with Gasteiger partial charge in [0.05, 0.1) is 16.9 Å². The molecule has 0 amide bonds. The van der Waals surface area contributed by atoms with E-state index in [1.165, 1.54) is 12.1 Å². The highest BCUT2D eigenvalue weighted by atomic mass is 32.2. The Hall–Kier alpha value is -2.33. The number of carbonyl (C=O) groups excluding carboxylic acids is 1. The topological polar surface area (TPSA) is 52.6 Å². The predicted molar refractivity (Wildman–Crippen MR) is 122 cm³/mol. The third-order valence-electron chi connectivity index (χ3n) is 5.87. The highest BCUT2D eigenvalue weighted by Gasteiger charge is 2.56. The summed E-state index contributed by atoms with van der Waals surface area (Å²) in [5.41, 5.74) is 1.82. The molecule has 0 N–H and O–H groups in total. The van der Waals surface area contributed by atoms with Crippen LogP contribution < -0.4 is 0 Å². The summed E-state index contributed by atoms with van der Waals surface area (Å²) in [6.07, 6.45) is -7.08. The minimum Gasteiger partial charge on any atom is -0.462 e. The molecule has 1 heterocycles. The SMILES string of the molecule is CC(C)OC(=O)C1(S(=O)c2ccc(-c3ccc(CCC(F)(F)C(F)(F)F)cc3)cc2)CCOCC1. The van der Waals surface area contributed by atoms with Crippen LogP contribution in [0.2, 0.25) is 0 Å². The van der Waals surface area contributed by atoms with Gasteiger partial charge in [-0.1, -0.05) is 36.4 Å². The van der Waals surface area contributed by atoms with Gasteiger partial charge in [-0.15, -0.1) is 0 Å². The van der Waals surface area contributed by atoms with Crippen LogP contribution in [-0.4, -0.2) is 46.3 Å². The van der Waals surface area contributed by atoms with Crippen molar-refractivity contribution in [2.45, 2.75) is 67.4 Å². The number of alkyl halides is 5. The van der Waals surface area contributed by atoms with E-state index in [-0.39, 0.29) is 18.9 Å². The largest absolute Gasteiger partial charge is 0.462 e. The fourth-order valence-electron chi connectivity index (χ4n) is 3.79. The van der Waals surface area contributed by atoms with E-state index in [1.54, 1.807) is 50.2 Å². The average molecular weight is 519 g/mol. The fraction of sp³-hybridized carbons (Fsp3) is 0.480. The second-order valence-corrected chi connectivity index (χ2v) is 10.5. The molecule has 192 valence electrons. The molecule has 0 bridgehead atoms. The molecule has 1 unspecified atom stereocenters. The second kappa shape index (κ2) is 10.7. The van der Waals surface area contributed by atoms with E-state index in [9.17, 15) is 31.0 Å². The lowest BCUT2D eigenvalue weighted by Gasteiger charge is -2.34. The van der Waals surface area contributed by atoms with Crippen LogP contribution in [0.4, 0.5) is 22.0 Å². The second-order valence-electron chi connectivity index (χ2n) is 8.75. The molecule has 2 aromatic rings. The average Bonchev–Trinajstić information content (AvgIpc) is 2.82. The normalized spacial score (nSPS) is 17.3. The molecule has 1 fully saturated rings. The van der Waals surface area contributed by atoms with Crippen LogP contribution in [0.5, 0.6) is 0 Å². The zero-order valence-corrected chi connectivity index (χ0v) is 20.2. The van der Waals surface area contributed by atoms with Crippen molar-refractivity contribution in [3.8, 4) is 11.1 Å². The molecule has 1 aliphatic heterocycles. The van der Waals surface area contributed by atoms with Crippen LogP contribution in [0.15, 0.2) is 53.4 Å². The van der Waals surface area contributed by atoms with E-state index in [0.29, 0.717) is 29.2 Å². The molecular weight excluding hydrogens is 491 g/mol. The number of hydrogen-bond acceptors (Lipinski definition) is 4. The summed E-state index contributed by atoms with van der Waals surface area (Å²) in [6.45, 7) is 4.07. The van der Waals surface area contributed by atoms with Crippen molar-refractivity contribution < 1.29 is 40.4 Å². The minimum atomic E-state index is -5.57. The molecule has 0 spiro atoms. The van der Waals surface area contributed by atoms with E-state index in [4.69, 9.17) is 9.47 Å². The van der Waals surface area contributed by atoms with Crippen LogP contribution in [-0.2, 0) is 31.5 Å². The number of hydrogen-bond donors (Lipinski definition) is 0. The molecule has 0 aromatic heterocycles. The van der Waals surface area contributed by atoms with E-state index < -0.39 is 46.5 Å². The van der Waals surface area contributed by atoms with Gasteiger partial charge < -0.3 is 9.47 Å². The van der Waals surface area contributed by atoms with Gasteiger partial charge in [-0.05, 0) is 61.9 Å². The van der Waals surface area contributed by atoms with Gasteiger partial charge in [-0.25, -0.2) is 0 Å². The van der Waals surface area contributed by atoms with Crippen molar-refractivity contribution in [3.63, 3.8) is 0 Å². The Morgan fingerprint density at radius 1 is 0.971 bits per heavy atom.